The highest BCUT2D eigenvalue weighted by atomic mass is 79.9. The van der Waals surface area contributed by atoms with Crippen LogP contribution in [0.25, 0.3) is 10.3 Å². The lowest BCUT2D eigenvalue weighted by Crippen LogP contribution is -2.16. The first-order valence-corrected chi connectivity index (χ1v) is 8.51. The van der Waals surface area contributed by atoms with Crippen LogP contribution in [0.5, 0.6) is 0 Å². The summed E-state index contributed by atoms with van der Waals surface area (Å²) in [5, 5.41) is 0. The van der Waals surface area contributed by atoms with Gasteiger partial charge in [0.15, 0.2) is 9.99 Å². The van der Waals surface area contributed by atoms with Crippen molar-refractivity contribution in [3.8, 4) is 0 Å². The molecule has 18 heavy (non-hydrogen) atoms. The molecule has 0 amide bonds. The Morgan fingerprint density at radius 2 is 2.06 bits per heavy atom. The van der Waals surface area contributed by atoms with E-state index in [9.17, 15) is 4.21 Å². The molecule has 0 unspecified atom stereocenters. The van der Waals surface area contributed by atoms with E-state index in [0.29, 0.717) is 15.7 Å². The maximum Gasteiger partial charge on any atom is 0.183 e. The quantitative estimate of drug-likeness (QED) is 0.827. The van der Waals surface area contributed by atoms with Gasteiger partial charge in [0.05, 0.1) is 21.2 Å². The fourth-order valence-electron chi connectivity index (χ4n) is 1.46. The Kier molecular flexibility index (Phi) is 3.90. The summed E-state index contributed by atoms with van der Waals surface area (Å²) in [5.74, 6) is 0.618. The van der Waals surface area contributed by atoms with E-state index in [-0.39, 0.29) is 5.41 Å². The second-order valence-corrected chi connectivity index (χ2v) is 8.92. The van der Waals surface area contributed by atoms with Gasteiger partial charge in [0, 0.05) is 10.2 Å². The standard InChI is InChI=1S/C12H15BrN2OS2/c1-7-8(13)5-9-10(14-7)15-11(17-9)18(16)6-12(2,3)4/h5H,6H2,1-4H3/t18-/m0/s1. The maximum absolute atomic E-state index is 12.2. The molecule has 0 bridgehead atoms. The van der Waals surface area contributed by atoms with Crippen molar-refractivity contribution in [1.82, 2.24) is 9.97 Å². The van der Waals surface area contributed by atoms with Crippen LogP contribution in [0.2, 0.25) is 0 Å². The summed E-state index contributed by atoms with van der Waals surface area (Å²) >= 11 is 4.92. The molecule has 0 spiro atoms. The molecule has 2 heterocycles. The van der Waals surface area contributed by atoms with Crippen LogP contribution in [0.1, 0.15) is 26.5 Å². The van der Waals surface area contributed by atoms with Gasteiger partial charge in [0.25, 0.3) is 0 Å². The summed E-state index contributed by atoms with van der Waals surface area (Å²) in [6.07, 6.45) is 0. The molecule has 2 aromatic rings. The highest BCUT2D eigenvalue weighted by Gasteiger charge is 2.19. The largest absolute Gasteiger partial charge is 0.252 e. The summed E-state index contributed by atoms with van der Waals surface area (Å²) in [6.45, 7) is 8.17. The van der Waals surface area contributed by atoms with Gasteiger partial charge in [-0.15, -0.1) is 11.3 Å². The maximum atomic E-state index is 12.2. The van der Waals surface area contributed by atoms with E-state index in [4.69, 9.17) is 0 Å². The number of halogens is 1. The van der Waals surface area contributed by atoms with Crippen LogP contribution in [0.15, 0.2) is 14.9 Å². The number of aromatic nitrogens is 2. The summed E-state index contributed by atoms with van der Waals surface area (Å²) < 4.78 is 14.8. The second kappa shape index (κ2) is 4.98. The molecule has 0 aliphatic heterocycles. The Hall–Kier alpha value is -0.330. The zero-order valence-electron chi connectivity index (χ0n) is 10.8. The molecule has 0 saturated carbocycles. The summed E-state index contributed by atoms with van der Waals surface area (Å²) in [4.78, 5) is 8.78. The number of nitrogens with zero attached hydrogens (tertiary/aromatic N) is 2. The van der Waals surface area contributed by atoms with Crippen molar-refractivity contribution in [3.05, 3.63) is 16.2 Å². The van der Waals surface area contributed by atoms with Crippen molar-refractivity contribution >= 4 is 48.4 Å². The topological polar surface area (TPSA) is 42.9 Å². The number of hydrogen-bond acceptors (Lipinski definition) is 4. The first-order valence-electron chi connectivity index (χ1n) is 5.58. The van der Waals surface area contributed by atoms with Gasteiger partial charge < -0.3 is 0 Å². The van der Waals surface area contributed by atoms with E-state index in [1.165, 1.54) is 11.3 Å². The number of rotatable bonds is 2. The van der Waals surface area contributed by atoms with Gasteiger partial charge in [-0.2, -0.15) is 0 Å². The molecule has 6 heteroatoms. The van der Waals surface area contributed by atoms with Gasteiger partial charge in [0.2, 0.25) is 0 Å². The smallest absolute Gasteiger partial charge is 0.183 e. The molecule has 98 valence electrons. The number of thiazole rings is 1. The van der Waals surface area contributed by atoms with Gasteiger partial charge in [-0.05, 0) is 34.3 Å². The van der Waals surface area contributed by atoms with Crippen LogP contribution in [0.3, 0.4) is 0 Å². The summed E-state index contributed by atoms with van der Waals surface area (Å²) in [6, 6.07) is 1.99. The molecule has 0 aromatic carbocycles. The highest BCUT2D eigenvalue weighted by Crippen LogP contribution is 2.29. The van der Waals surface area contributed by atoms with Gasteiger partial charge in [-0.25, -0.2) is 9.97 Å². The third-order valence-corrected chi connectivity index (χ3v) is 6.26. The van der Waals surface area contributed by atoms with Gasteiger partial charge in [-0.1, -0.05) is 20.8 Å². The molecular weight excluding hydrogens is 332 g/mol. The van der Waals surface area contributed by atoms with Crippen molar-refractivity contribution in [3.63, 3.8) is 0 Å². The average molecular weight is 347 g/mol. The van der Waals surface area contributed by atoms with Gasteiger partial charge in [0.1, 0.15) is 0 Å². The van der Waals surface area contributed by atoms with Crippen LogP contribution in [-0.2, 0) is 10.8 Å². The fraction of sp³-hybridized carbons (Fsp3) is 0.500. The molecule has 0 saturated heterocycles. The monoisotopic (exact) mass is 346 g/mol. The fourth-order valence-corrected chi connectivity index (χ4v) is 4.53. The number of pyridine rings is 1. The first kappa shape index (κ1) is 14.1. The molecule has 2 rings (SSSR count). The molecule has 0 fully saturated rings. The zero-order chi connectivity index (χ0) is 13.5. The molecule has 0 aliphatic carbocycles. The van der Waals surface area contributed by atoms with Crippen molar-refractivity contribution in [2.45, 2.75) is 32.0 Å². The number of aryl methyl sites for hydroxylation is 1. The Labute approximate surface area is 122 Å². The minimum atomic E-state index is -1.05. The first-order chi connectivity index (χ1) is 8.26. The van der Waals surface area contributed by atoms with E-state index < -0.39 is 10.8 Å². The third-order valence-electron chi connectivity index (χ3n) is 2.25. The lowest BCUT2D eigenvalue weighted by atomic mass is 10.0. The molecule has 2 aromatic heterocycles. The zero-order valence-corrected chi connectivity index (χ0v) is 14.0. The van der Waals surface area contributed by atoms with Crippen molar-refractivity contribution in [1.29, 1.82) is 0 Å². The van der Waals surface area contributed by atoms with Gasteiger partial charge >= 0.3 is 0 Å². The lowest BCUT2D eigenvalue weighted by Gasteiger charge is -2.15. The van der Waals surface area contributed by atoms with E-state index in [0.717, 1.165) is 14.9 Å². The minimum absolute atomic E-state index is 0.0344. The molecule has 0 N–H and O–H groups in total. The Morgan fingerprint density at radius 1 is 1.39 bits per heavy atom. The Balaban J connectivity index is 2.39. The predicted octanol–water partition coefficient (Wildman–Crippen LogP) is 3.92. The SMILES string of the molecule is Cc1nc2nc([S@@](=O)CC(C)(C)C)sc2cc1Br. The van der Waals surface area contributed by atoms with Crippen LogP contribution in [0.4, 0.5) is 0 Å². The van der Waals surface area contributed by atoms with Gasteiger partial charge in [-0.3, -0.25) is 4.21 Å². The lowest BCUT2D eigenvalue weighted by molar-refractivity contribution is 0.474. The molecule has 3 nitrogen and oxygen atoms in total. The number of hydrogen-bond donors (Lipinski definition) is 0. The van der Waals surface area contributed by atoms with Crippen molar-refractivity contribution < 1.29 is 4.21 Å². The molecule has 0 aliphatic rings. The molecular formula is C12H15BrN2OS2. The van der Waals surface area contributed by atoms with Crippen LogP contribution < -0.4 is 0 Å². The second-order valence-electron chi connectivity index (χ2n) is 5.41. The third kappa shape index (κ3) is 3.16. The van der Waals surface area contributed by atoms with Crippen LogP contribution in [-0.4, -0.2) is 19.9 Å². The predicted molar refractivity (Wildman–Crippen MR) is 80.6 cm³/mol. The Morgan fingerprint density at radius 3 is 2.67 bits per heavy atom. The van der Waals surface area contributed by atoms with Crippen LogP contribution in [0, 0.1) is 12.3 Å². The normalized spacial score (nSPS) is 14.1. The molecule has 1 atom stereocenters. The molecule has 0 radical (unpaired) electrons. The van der Waals surface area contributed by atoms with Crippen molar-refractivity contribution in [2.75, 3.05) is 5.75 Å². The minimum Gasteiger partial charge on any atom is -0.252 e. The van der Waals surface area contributed by atoms with E-state index in [2.05, 4.69) is 46.7 Å². The van der Waals surface area contributed by atoms with Crippen molar-refractivity contribution in [2.24, 2.45) is 5.41 Å². The number of fused-ring (bicyclic) bond motifs is 1. The summed E-state index contributed by atoms with van der Waals surface area (Å²) in [5.41, 5.74) is 1.63. The summed E-state index contributed by atoms with van der Waals surface area (Å²) in [7, 11) is -1.05. The van der Waals surface area contributed by atoms with E-state index in [1.807, 2.05) is 13.0 Å². The average Bonchev–Trinajstić information content (AvgIpc) is 2.59. The Bertz CT molecular complexity index is 577. The van der Waals surface area contributed by atoms with E-state index >= 15 is 0 Å². The van der Waals surface area contributed by atoms with Crippen LogP contribution >= 0.6 is 27.3 Å². The highest BCUT2D eigenvalue weighted by molar-refractivity contribution is 9.10. The van der Waals surface area contributed by atoms with E-state index in [1.54, 1.807) is 0 Å².